The van der Waals surface area contributed by atoms with Crippen molar-refractivity contribution < 1.29 is 4.79 Å². The van der Waals surface area contributed by atoms with Crippen LogP contribution >= 0.6 is 11.3 Å². The molecule has 0 bridgehead atoms. The van der Waals surface area contributed by atoms with Crippen molar-refractivity contribution in [2.75, 3.05) is 19.6 Å². The smallest absolute Gasteiger partial charge is 0.262 e. The van der Waals surface area contributed by atoms with Gasteiger partial charge in [-0.05, 0) is 56.1 Å². The fraction of sp³-hybridized carbons (Fsp3) is 0.611. The first-order valence-corrected chi connectivity index (χ1v) is 10.0. The molecule has 4 heterocycles. The van der Waals surface area contributed by atoms with E-state index in [-0.39, 0.29) is 18.0 Å². The largest absolute Gasteiger partial charge is 0.354 e. The number of nitrogens with one attached hydrogen (secondary N) is 1. The van der Waals surface area contributed by atoms with Crippen LogP contribution < -0.4 is 10.9 Å². The number of thiophene rings is 1. The van der Waals surface area contributed by atoms with Crippen LogP contribution in [0.3, 0.4) is 0 Å². The van der Waals surface area contributed by atoms with Crippen LogP contribution in [0.25, 0.3) is 10.2 Å². The van der Waals surface area contributed by atoms with Crippen LogP contribution in [0.15, 0.2) is 22.6 Å². The van der Waals surface area contributed by atoms with Gasteiger partial charge in [0.05, 0.1) is 11.7 Å². The summed E-state index contributed by atoms with van der Waals surface area (Å²) in [5.74, 6) is 0.429. The molecule has 25 heavy (non-hydrogen) atoms. The molecule has 1 N–H and O–H groups in total. The van der Waals surface area contributed by atoms with Crippen LogP contribution in [0.2, 0.25) is 0 Å². The fourth-order valence-corrected chi connectivity index (χ4v) is 5.00. The minimum atomic E-state index is -0.141. The van der Waals surface area contributed by atoms with E-state index in [9.17, 15) is 9.59 Å². The Morgan fingerprint density at radius 3 is 3.08 bits per heavy atom. The number of amides is 1. The number of hydrogen-bond donors (Lipinski definition) is 1. The van der Waals surface area contributed by atoms with Gasteiger partial charge in [-0.2, -0.15) is 0 Å². The second kappa shape index (κ2) is 7.25. The van der Waals surface area contributed by atoms with Crippen LogP contribution in [0.4, 0.5) is 0 Å². The second-order valence-corrected chi connectivity index (χ2v) is 8.02. The minimum Gasteiger partial charge on any atom is -0.354 e. The molecule has 0 aliphatic carbocycles. The maximum Gasteiger partial charge on any atom is 0.262 e. The molecule has 7 heteroatoms. The quantitative estimate of drug-likeness (QED) is 0.903. The monoisotopic (exact) mass is 360 g/mol. The van der Waals surface area contributed by atoms with E-state index in [1.165, 1.54) is 67.4 Å². The Hall–Kier alpha value is -1.73. The number of piperidine rings is 2. The van der Waals surface area contributed by atoms with Gasteiger partial charge in [0.1, 0.15) is 11.4 Å². The Balaban J connectivity index is 1.37. The molecule has 4 rings (SSSR count). The van der Waals surface area contributed by atoms with E-state index in [1.54, 1.807) is 6.07 Å². The maximum atomic E-state index is 12.4. The van der Waals surface area contributed by atoms with Crippen LogP contribution in [0.5, 0.6) is 0 Å². The van der Waals surface area contributed by atoms with Crippen molar-refractivity contribution in [3.63, 3.8) is 0 Å². The van der Waals surface area contributed by atoms with Crippen molar-refractivity contribution in [1.82, 2.24) is 19.8 Å². The molecule has 134 valence electrons. The molecular formula is C18H24N4O2S. The third-order valence-electron chi connectivity index (χ3n) is 5.55. The molecule has 0 spiro atoms. The number of hydrogen-bond acceptors (Lipinski definition) is 5. The first-order valence-electron chi connectivity index (χ1n) is 9.16. The molecular weight excluding hydrogens is 336 g/mol. The summed E-state index contributed by atoms with van der Waals surface area (Å²) >= 11 is 1.44. The summed E-state index contributed by atoms with van der Waals surface area (Å²) in [4.78, 5) is 32.3. The van der Waals surface area contributed by atoms with E-state index in [0.717, 1.165) is 4.83 Å². The molecule has 0 radical (unpaired) electrons. The van der Waals surface area contributed by atoms with Crippen LogP contribution in [-0.2, 0) is 11.3 Å². The summed E-state index contributed by atoms with van der Waals surface area (Å²) in [6, 6.07) is 2.39. The Labute approximate surface area is 150 Å². The van der Waals surface area contributed by atoms with Gasteiger partial charge in [0, 0.05) is 12.6 Å². The SMILES string of the molecule is O=C(Cn1cnc2sccc2c1=O)NC[C@@H]1CCCN2CCCC[C@H]12. The van der Waals surface area contributed by atoms with E-state index in [0.29, 0.717) is 23.9 Å². The third-order valence-corrected chi connectivity index (χ3v) is 6.38. The molecule has 2 aliphatic rings. The van der Waals surface area contributed by atoms with Crippen LogP contribution in [0, 0.1) is 5.92 Å². The topological polar surface area (TPSA) is 67.2 Å². The number of aromatic nitrogens is 2. The Morgan fingerprint density at radius 1 is 1.28 bits per heavy atom. The summed E-state index contributed by atoms with van der Waals surface area (Å²) in [5, 5.41) is 5.49. The predicted molar refractivity (Wildman–Crippen MR) is 98.8 cm³/mol. The van der Waals surface area contributed by atoms with E-state index < -0.39 is 0 Å². The first-order chi connectivity index (χ1) is 12.2. The minimum absolute atomic E-state index is 0.0404. The molecule has 2 saturated heterocycles. The summed E-state index contributed by atoms with van der Waals surface area (Å²) in [5.41, 5.74) is -0.141. The van der Waals surface area contributed by atoms with Crippen LogP contribution in [-0.4, -0.2) is 46.0 Å². The van der Waals surface area contributed by atoms with Gasteiger partial charge in [-0.1, -0.05) is 6.42 Å². The lowest BCUT2D eigenvalue weighted by Crippen LogP contribution is -2.51. The number of nitrogens with zero attached hydrogens (tertiary/aromatic N) is 3. The van der Waals surface area contributed by atoms with Gasteiger partial charge in [-0.15, -0.1) is 11.3 Å². The van der Waals surface area contributed by atoms with Crippen molar-refractivity contribution in [2.45, 2.75) is 44.7 Å². The molecule has 2 aromatic heterocycles. The third kappa shape index (κ3) is 3.48. The van der Waals surface area contributed by atoms with Crippen molar-refractivity contribution in [3.8, 4) is 0 Å². The lowest BCUT2D eigenvalue weighted by Gasteiger charge is -2.44. The van der Waals surface area contributed by atoms with Crippen molar-refractivity contribution in [3.05, 3.63) is 28.1 Å². The van der Waals surface area contributed by atoms with Gasteiger partial charge in [0.15, 0.2) is 0 Å². The molecule has 2 aliphatic heterocycles. The molecule has 0 unspecified atom stereocenters. The van der Waals surface area contributed by atoms with E-state index in [1.807, 2.05) is 5.38 Å². The second-order valence-electron chi connectivity index (χ2n) is 7.12. The van der Waals surface area contributed by atoms with E-state index in [4.69, 9.17) is 0 Å². The standard InChI is InChI=1S/C18H24N4O2S/c23-16(11-22-12-20-17-14(18(22)24)6-9-25-17)19-10-13-4-3-8-21-7-2-1-5-15(13)21/h6,9,12-13,15H,1-5,7-8,10-11H2,(H,19,23)/t13-,15+/m0/s1. The van der Waals surface area contributed by atoms with Gasteiger partial charge in [-0.25, -0.2) is 4.98 Å². The molecule has 0 saturated carbocycles. The summed E-state index contributed by atoms with van der Waals surface area (Å²) in [6.07, 6.45) is 7.73. The van der Waals surface area contributed by atoms with Gasteiger partial charge < -0.3 is 10.2 Å². The van der Waals surface area contributed by atoms with Crippen molar-refractivity contribution >= 4 is 27.5 Å². The molecule has 2 fully saturated rings. The highest BCUT2D eigenvalue weighted by molar-refractivity contribution is 7.16. The van der Waals surface area contributed by atoms with E-state index in [2.05, 4.69) is 15.2 Å². The van der Waals surface area contributed by atoms with Crippen molar-refractivity contribution in [2.24, 2.45) is 5.92 Å². The molecule has 6 nitrogen and oxygen atoms in total. The highest BCUT2D eigenvalue weighted by atomic mass is 32.1. The molecule has 1 amide bonds. The number of fused-ring (bicyclic) bond motifs is 2. The Kier molecular flexibility index (Phi) is 4.85. The highest BCUT2D eigenvalue weighted by Crippen LogP contribution is 2.30. The first kappa shape index (κ1) is 16.7. The summed E-state index contributed by atoms with van der Waals surface area (Å²) in [6.45, 7) is 3.16. The fourth-order valence-electron chi connectivity index (χ4n) is 4.28. The summed E-state index contributed by atoms with van der Waals surface area (Å²) in [7, 11) is 0. The Morgan fingerprint density at radius 2 is 2.16 bits per heavy atom. The van der Waals surface area contributed by atoms with Crippen LogP contribution in [0.1, 0.15) is 32.1 Å². The van der Waals surface area contributed by atoms with Crippen molar-refractivity contribution in [1.29, 1.82) is 0 Å². The highest BCUT2D eigenvalue weighted by Gasteiger charge is 2.32. The normalized spacial score (nSPS) is 24.2. The van der Waals surface area contributed by atoms with Gasteiger partial charge in [0.2, 0.25) is 5.91 Å². The molecule has 2 aromatic rings. The lowest BCUT2D eigenvalue weighted by molar-refractivity contribution is -0.122. The molecule has 0 aromatic carbocycles. The zero-order valence-electron chi connectivity index (χ0n) is 14.3. The van der Waals surface area contributed by atoms with Gasteiger partial charge >= 0.3 is 0 Å². The zero-order chi connectivity index (χ0) is 17.2. The number of carbonyl (C=O) groups is 1. The zero-order valence-corrected chi connectivity index (χ0v) is 15.1. The average Bonchev–Trinajstić information content (AvgIpc) is 3.12. The van der Waals surface area contributed by atoms with Gasteiger partial charge in [0.25, 0.3) is 5.56 Å². The summed E-state index contributed by atoms with van der Waals surface area (Å²) < 4.78 is 1.40. The molecule has 2 atom stereocenters. The predicted octanol–water partition coefficient (Wildman–Crippen LogP) is 1.84. The maximum absolute atomic E-state index is 12.4. The van der Waals surface area contributed by atoms with Gasteiger partial charge in [-0.3, -0.25) is 14.2 Å². The number of rotatable bonds is 4. The number of carbonyl (C=O) groups excluding carboxylic acids is 1. The average molecular weight is 360 g/mol. The lowest BCUT2D eigenvalue weighted by atomic mass is 9.83. The Bertz CT molecular complexity index is 813. The van der Waals surface area contributed by atoms with E-state index >= 15 is 0 Å².